The average Bonchev–Trinajstić information content (AvgIpc) is 2.48. The molecule has 21 heavy (non-hydrogen) atoms. The third-order valence-corrected chi connectivity index (χ3v) is 3.21. The van der Waals surface area contributed by atoms with E-state index in [1.165, 1.54) is 12.1 Å². The molecule has 0 fully saturated rings. The lowest BCUT2D eigenvalue weighted by molar-refractivity contribution is -0.384. The van der Waals surface area contributed by atoms with Gasteiger partial charge in [-0.25, -0.2) is 0 Å². The minimum Gasteiger partial charge on any atom is -0.493 e. The zero-order valence-corrected chi connectivity index (χ0v) is 11.9. The number of rotatable bonds is 6. The number of nitro groups is 1. The van der Waals surface area contributed by atoms with Crippen molar-refractivity contribution in [1.29, 1.82) is 0 Å². The van der Waals surface area contributed by atoms with E-state index in [2.05, 4.69) is 0 Å². The van der Waals surface area contributed by atoms with Crippen LogP contribution in [0.4, 0.5) is 5.69 Å². The molecule has 2 N–H and O–H groups in total. The van der Waals surface area contributed by atoms with Gasteiger partial charge in [0.15, 0.2) is 0 Å². The van der Waals surface area contributed by atoms with Gasteiger partial charge in [-0.15, -0.1) is 0 Å². The Kier molecular flexibility index (Phi) is 4.90. The van der Waals surface area contributed by atoms with E-state index < -0.39 is 4.92 Å². The summed E-state index contributed by atoms with van der Waals surface area (Å²) in [7, 11) is 0. The fraction of sp³-hybridized carbons (Fsp3) is 0.250. The van der Waals surface area contributed by atoms with Crippen LogP contribution in [0.15, 0.2) is 48.5 Å². The summed E-state index contributed by atoms with van der Waals surface area (Å²) in [5, 5.41) is 10.6. The van der Waals surface area contributed by atoms with Gasteiger partial charge in [0.2, 0.25) is 0 Å². The standard InChI is InChI=1S/C16H18N2O3/c1-12(17)15-4-2-3-5-16(15)21-11-10-13-6-8-14(9-7-13)18(19)20/h2-9,12H,10-11,17H2,1H3/t12-/m1/s1. The maximum atomic E-state index is 10.6. The molecular formula is C16H18N2O3. The third kappa shape index (κ3) is 4.03. The lowest BCUT2D eigenvalue weighted by Crippen LogP contribution is -2.09. The number of hydrogen-bond acceptors (Lipinski definition) is 4. The number of non-ortho nitro benzene ring substituents is 1. The van der Waals surface area contributed by atoms with E-state index in [9.17, 15) is 10.1 Å². The second-order valence-electron chi connectivity index (χ2n) is 4.85. The molecule has 2 rings (SSSR count). The van der Waals surface area contributed by atoms with E-state index in [1.54, 1.807) is 12.1 Å². The summed E-state index contributed by atoms with van der Waals surface area (Å²) in [6.07, 6.45) is 0.686. The normalized spacial score (nSPS) is 11.9. The first-order chi connectivity index (χ1) is 10.1. The molecule has 2 aromatic carbocycles. The van der Waals surface area contributed by atoms with Gasteiger partial charge in [-0.1, -0.05) is 30.3 Å². The second-order valence-corrected chi connectivity index (χ2v) is 4.85. The molecule has 1 atom stereocenters. The van der Waals surface area contributed by atoms with Gasteiger partial charge >= 0.3 is 0 Å². The largest absolute Gasteiger partial charge is 0.493 e. The highest BCUT2D eigenvalue weighted by Gasteiger charge is 2.07. The SMILES string of the molecule is C[C@@H](N)c1ccccc1OCCc1ccc([N+](=O)[O-])cc1. The Morgan fingerprint density at radius 1 is 1.19 bits per heavy atom. The molecule has 0 spiro atoms. The first-order valence-corrected chi connectivity index (χ1v) is 6.78. The number of nitrogens with zero attached hydrogens (tertiary/aromatic N) is 1. The van der Waals surface area contributed by atoms with Crippen LogP contribution in [-0.4, -0.2) is 11.5 Å². The van der Waals surface area contributed by atoms with Gasteiger partial charge in [0.05, 0.1) is 11.5 Å². The minimum absolute atomic E-state index is 0.0828. The van der Waals surface area contributed by atoms with Crippen LogP contribution < -0.4 is 10.5 Å². The van der Waals surface area contributed by atoms with Gasteiger partial charge < -0.3 is 10.5 Å². The molecule has 0 heterocycles. The molecule has 5 heteroatoms. The van der Waals surface area contributed by atoms with Gasteiger partial charge in [-0.05, 0) is 18.6 Å². The molecular weight excluding hydrogens is 268 g/mol. The number of nitro benzene ring substituents is 1. The van der Waals surface area contributed by atoms with Crippen LogP contribution in [0.2, 0.25) is 0 Å². The van der Waals surface area contributed by atoms with Crippen LogP contribution in [0.1, 0.15) is 24.1 Å². The first kappa shape index (κ1) is 15.0. The van der Waals surface area contributed by atoms with E-state index in [-0.39, 0.29) is 11.7 Å². The predicted molar refractivity (Wildman–Crippen MR) is 81.3 cm³/mol. The van der Waals surface area contributed by atoms with Crippen LogP contribution in [0.25, 0.3) is 0 Å². The number of nitrogens with two attached hydrogens (primary N) is 1. The molecule has 0 aliphatic carbocycles. The van der Waals surface area contributed by atoms with Crippen LogP contribution in [0.3, 0.4) is 0 Å². The Bertz CT molecular complexity index is 609. The van der Waals surface area contributed by atoms with Gasteiger partial charge in [0, 0.05) is 30.2 Å². The molecule has 0 radical (unpaired) electrons. The summed E-state index contributed by atoms with van der Waals surface area (Å²) in [4.78, 5) is 10.2. The lowest BCUT2D eigenvalue weighted by atomic mass is 10.1. The summed E-state index contributed by atoms with van der Waals surface area (Å²) in [5.74, 6) is 0.786. The van der Waals surface area contributed by atoms with Gasteiger partial charge in [0.1, 0.15) is 5.75 Å². The highest BCUT2D eigenvalue weighted by atomic mass is 16.6. The van der Waals surface area contributed by atoms with Crippen LogP contribution in [0, 0.1) is 10.1 Å². The Morgan fingerprint density at radius 3 is 2.48 bits per heavy atom. The molecule has 0 unspecified atom stereocenters. The minimum atomic E-state index is -0.404. The Hall–Kier alpha value is -2.40. The maximum Gasteiger partial charge on any atom is 0.269 e. The predicted octanol–water partition coefficient (Wildman–Crippen LogP) is 3.24. The summed E-state index contributed by atoms with van der Waals surface area (Å²) in [6, 6.07) is 14.1. The molecule has 0 saturated carbocycles. The van der Waals surface area contributed by atoms with Crippen molar-refractivity contribution >= 4 is 5.69 Å². The van der Waals surface area contributed by atoms with Crippen molar-refractivity contribution < 1.29 is 9.66 Å². The molecule has 0 aliphatic rings. The average molecular weight is 286 g/mol. The topological polar surface area (TPSA) is 78.4 Å². The highest BCUT2D eigenvalue weighted by molar-refractivity contribution is 5.36. The van der Waals surface area contributed by atoms with Crippen molar-refractivity contribution in [3.8, 4) is 5.75 Å². The highest BCUT2D eigenvalue weighted by Crippen LogP contribution is 2.23. The maximum absolute atomic E-state index is 10.6. The van der Waals surface area contributed by atoms with Crippen LogP contribution in [0.5, 0.6) is 5.75 Å². The molecule has 0 bridgehead atoms. The van der Waals surface area contributed by atoms with Crippen molar-refractivity contribution in [2.45, 2.75) is 19.4 Å². The number of benzene rings is 2. The van der Waals surface area contributed by atoms with E-state index in [0.29, 0.717) is 13.0 Å². The fourth-order valence-electron chi connectivity index (χ4n) is 2.05. The Balaban J connectivity index is 1.94. The Labute approximate surface area is 123 Å². The monoisotopic (exact) mass is 286 g/mol. The number of ether oxygens (including phenoxy) is 1. The molecule has 0 saturated heterocycles. The fourth-order valence-corrected chi connectivity index (χ4v) is 2.05. The number of hydrogen-bond donors (Lipinski definition) is 1. The van der Waals surface area contributed by atoms with E-state index >= 15 is 0 Å². The molecule has 0 amide bonds. The molecule has 0 aliphatic heterocycles. The van der Waals surface area contributed by atoms with Crippen molar-refractivity contribution in [2.75, 3.05) is 6.61 Å². The van der Waals surface area contributed by atoms with E-state index in [0.717, 1.165) is 16.9 Å². The smallest absolute Gasteiger partial charge is 0.269 e. The summed E-state index contributed by atoms with van der Waals surface area (Å²) in [6.45, 7) is 2.42. The summed E-state index contributed by atoms with van der Waals surface area (Å²) < 4.78 is 5.77. The van der Waals surface area contributed by atoms with E-state index in [1.807, 2.05) is 31.2 Å². The van der Waals surface area contributed by atoms with Crippen molar-refractivity contribution in [2.24, 2.45) is 5.73 Å². The van der Waals surface area contributed by atoms with Crippen LogP contribution >= 0.6 is 0 Å². The second kappa shape index (κ2) is 6.85. The van der Waals surface area contributed by atoms with Crippen LogP contribution in [-0.2, 0) is 6.42 Å². The molecule has 110 valence electrons. The summed E-state index contributed by atoms with van der Waals surface area (Å²) in [5.41, 5.74) is 7.97. The zero-order chi connectivity index (χ0) is 15.2. The zero-order valence-electron chi connectivity index (χ0n) is 11.9. The van der Waals surface area contributed by atoms with Gasteiger partial charge in [0.25, 0.3) is 5.69 Å². The van der Waals surface area contributed by atoms with Crippen molar-refractivity contribution in [1.82, 2.24) is 0 Å². The number of para-hydroxylation sites is 1. The lowest BCUT2D eigenvalue weighted by Gasteiger charge is -2.13. The summed E-state index contributed by atoms with van der Waals surface area (Å²) >= 11 is 0. The van der Waals surface area contributed by atoms with Crippen molar-refractivity contribution in [3.63, 3.8) is 0 Å². The third-order valence-electron chi connectivity index (χ3n) is 3.21. The molecule has 2 aromatic rings. The molecule has 0 aromatic heterocycles. The van der Waals surface area contributed by atoms with Gasteiger partial charge in [-0.3, -0.25) is 10.1 Å². The first-order valence-electron chi connectivity index (χ1n) is 6.78. The Morgan fingerprint density at radius 2 is 1.86 bits per heavy atom. The van der Waals surface area contributed by atoms with Crippen molar-refractivity contribution in [3.05, 3.63) is 69.8 Å². The quantitative estimate of drug-likeness (QED) is 0.653. The molecule has 5 nitrogen and oxygen atoms in total. The van der Waals surface area contributed by atoms with Gasteiger partial charge in [-0.2, -0.15) is 0 Å². The van der Waals surface area contributed by atoms with E-state index in [4.69, 9.17) is 10.5 Å².